The maximum atomic E-state index is 11.6. The van der Waals surface area contributed by atoms with Crippen LogP contribution in [0.5, 0.6) is 0 Å². The quantitative estimate of drug-likeness (QED) is 0.865. The van der Waals surface area contributed by atoms with Crippen molar-refractivity contribution in [2.75, 3.05) is 5.75 Å². The van der Waals surface area contributed by atoms with E-state index in [4.69, 9.17) is 4.42 Å². The first-order valence-corrected chi connectivity index (χ1v) is 7.08. The van der Waals surface area contributed by atoms with Crippen molar-refractivity contribution in [3.8, 4) is 0 Å². The Morgan fingerprint density at radius 1 is 1.44 bits per heavy atom. The summed E-state index contributed by atoms with van der Waals surface area (Å²) in [6, 6.07) is 1.63. The van der Waals surface area contributed by atoms with Gasteiger partial charge in [-0.05, 0) is 33.3 Å². The second kappa shape index (κ2) is 5.01. The maximum absolute atomic E-state index is 11.6. The fraction of sp³-hybridized carbons (Fsp3) is 0.636. The summed E-state index contributed by atoms with van der Waals surface area (Å²) in [6.45, 7) is 7.36. The van der Waals surface area contributed by atoms with Gasteiger partial charge in [-0.3, -0.25) is 0 Å². The monoisotopic (exact) mass is 245 g/mol. The van der Waals surface area contributed by atoms with E-state index in [1.54, 1.807) is 0 Å². The van der Waals surface area contributed by atoms with Crippen molar-refractivity contribution in [1.82, 2.24) is 4.72 Å². The van der Waals surface area contributed by atoms with Crippen LogP contribution in [-0.4, -0.2) is 14.2 Å². The van der Waals surface area contributed by atoms with Gasteiger partial charge in [0.15, 0.2) is 0 Å². The van der Waals surface area contributed by atoms with Gasteiger partial charge in [0.2, 0.25) is 10.0 Å². The predicted molar refractivity (Wildman–Crippen MR) is 63.8 cm³/mol. The molecule has 0 aliphatic rings. The van der Waals surface area contributed by atoms with E-state index in [0.717, 1.165) is 17.1 Å². The molecule has 0 aliphatic carbocycles. The smallest absolute Gasteiger partial charge is 0.212 e. The van der Waals surface area contributed by atoms with Crippen LogP contribution in [0.3, 0.4) is 0 Å². The first-order chi connectivity index (χ1) is 7.35. The molecule has 0 radical (unpaired) electrons. The number of sulfonamides is 1. The Labute approximate surface area is 97.1 Å². The highest BCUT2D eigenvalue weighted by atomic mass is 32.2. The van der Waals surface area contributed by atoms with Crippen molar-refractivity contribution in [1.29, 1.82) is 0 Å². The van der Waals surface area contributed by atoms with E-state index >= 15 is 0 Å². The molecule has 1 aromatic rings. The molecular formula is C11H19NO3S. The van der Waals surface area contributed by atoms with Crippen LogP contribution >= 0.6 is 0 Å². The van der Waals surface area contributed by atoms with E-state index in [9.17, 15) is 8.42 Å². The highest BCUT2D eigenvalue weighted by Crippen LogP contribution is 2.21. The molecule has 1 N–H and O–H groups in total. The lowest BCUT2D eigenvalue weighted by molar-refractivity contribution is 0.496. The Balaban J connectivity index is 2.80. The van der Waals surface area contributed by atoms with E-state index < -0.39 is 10.0 Å². The van der Waals surface area contributed by atoms with E-state index in [2.05, 4.69) is 4.72 Å². The van der Waals surface area contributed by atoms with E-state index in [-0.39, 0.29) is 11.8 Å². The number of hydrogen-bond acceptors (Lipinski definition) is 3. The van der Waals surface area contributed by atoms with Gasteiger partial charge in [0.05, 0.1) is 5.75 Å². The van der Waals surface area contributed by atoms with Crippen molar-refractivity contribution in [3.63, 3.8) is 0 Å². The SMILES string of the molecule is CCCS(=O)(=O)NC(C)c1cc(C)oc1C. The lowest BCUT2D eigenvalue weighted by Gasteiger charge is -2.12. The topological polar surface area (TPSA) is 59.3 Å². The highest BCUT2D eigenvalue weighted by Gasteiger charge is 2.18. The third-order valence-corrected chi connectivity index (χ3v) is 4.03. The summed E-state index contributed by atoms with van der Waals surface area (Å²) in [5, 5.41) is 0. The van der Waals surface area contributed by atoms with Crippen LogP contribution in [0.4, 0.5) is 0 Å². The minimum atomic E-state index is -3.18. The number of nitrogens with one attached hydrogen (secondary N) is 1. The Bertz CT molecular complexity index is 448. The van der Waals surface area contributed by atoms with E-state index in [1.807, 2.05) is 33.8 Å². The third kappa shape index (κ3) is 3.35. The number of hydrogen-bond donors (Lipinski definition) is 1. The lowest BCUT2D eigenvalue weighted by atomic mass is 10.1. The summed E-state index contributed by atoms with van der Waals surface area (Å²) in [7, 11) is -3.18. The molecule has 0 saturated carbocycles. The standard InChI is InChI=1S/C11H19NO3S/c1-5-6-16(13,14)12-9(3)11-7-8(2)15-10(11)4/h7,9,12H,5-6H2,1-4H3. The van der Waals surface area contributed by atoms with E-state index in [1.165, 1.54) is 0 Å². The zero-order valence-corrected chi connectivity index (χ0v) is 11.0. The predicted octanol–water partition coefficient (Wildman–Crippen LogP) is 2.29. The molecule has 1 rings (SSSR count). The molecule has 92 valence electrons. The Hall–Kier alpha value is -0.810. The molecule has 4 nitrogen and oxygen atoms in total. The van der Waals surface area contributed by atoms with Crippen molar-refractivity contribution >= 4 is 10.0 Å². The van der Waals surface area contributed by atoms with Crippen molar-refractivity contribution in [2.45, 2.75) is 40.2 Å². The van der Waals surface area contributed by atoms with Gasteiger partial charge >= 0.3 is 0 Å². The van der Waals surface area contributed by atoms with Crippen LogP contribution < -0.4 is 4.72 Å². The number of furan rings is 1. The van der Waals surface area contributed by atoms with Crippen LogP contribution in [0.1, 0.15) is 43.4 Å². The maximum Gasteiger partial charge on any atom is 0.212 e. The van der Waals surface area contributed by atoms with Gasteiger partial charge in [-0.2, -0.15) is 0 Å². The van der Waals surface area contributed by atoms with Crippen molar-refractivity contribution in [2.24, 2.45) is 0 Å². The normalized spacial score (nSPS) is 14.0. The van der Waals surface area contributed by atoms with Crippen LogP contribution in [-0.2, 0) is 10.0 Å². The molecule has 0 fully saturated rings. The molecule has 1 heterocycles. The average molecular weight is 245 g/mol. The summed E-state index contributed by atoms with van der Waals surface area (Å²) < 4.78 is 31.2. The Morgan fingerprint density at radius 2 is 2.06 bits per heavy atom. The molecule has 0 aromatic carbocycles. The van der Waals surface area contributed by atoms with Crippen LogP contribution in [0.15, 0.2) is 10.5 Å². The summed E-state index contributed by atoms with van der Waals surface area (Å²) in [6.07, 6.45) is 0.617. The van der Waals surface area contributed by atoms with Crippen LogP contribution in [0.25, 0.3) is 0 Å². The molecule has 16 heavy (non-hydrogen) atoms. The van der Waals surface area contributed by atoms with Gasteiger partial charge in [-0.25, -0.2) is 13.1 Å². The first-order valence-electron chi connectivity index (χ1n) is 5.42. The van der Waals surface area contributed by atoms with Crippen LogP contribution in [0.2, 0.25) is 0 Å². The van der Waals surface area contributed by atoms with Crippen molar-refractivity contribution < 1.29 is 12.8 Å². The van der Waals surface area contributed by atoms with E-state index in [0.29, 0.717) is 6.42 Å². The Morgan fingerprint density at radius 3 is 2.50 bits per heavy atom. The van der Waals surface area contributed by atoms with Gasteiger partial charge in [-0.15, -0.1) is 0 Å². The summed E-state index contributed by atoms with van der Waals surface area (Å²) >= 11 is 0. The minimum absolute atomic E-state index is 0.160. The molecule has 5 heteroatoms. The Kier molecular flexibility index (Phi) is 4.15. The fourth-order valence-electron chi connectivity index (χ4n) is 1.74. The molecule has 1 atom stereocenters. The van der Waals surface area contributed by atoms with Gasteiger partial charge in [0.1, 0.15) is 11.5 Å². The average Bonchev–Trinajstić information content (AvgIpc) is 2.44. The molecule has 0 spiro atoms. The summed E-state index contributed by atoms with van der Waals surface area (Å²) in [5.74, 6) is 1.73. The molecule has 1 unspecified atom stereocenters. The first kappa shape index (κ1) is 13.3. The second-order valence-corrected chi connectivity index (χ2v) is 5.90. The summed E-state index contributed by atoms with van der Waals surface area (Å²) in [5.41, 5.74) is 0.900. The second-order valence-electron chi connectivity index (χ2n) is 4.03. The number of aryl methyl sites for hydroxylation is 2. The molecule has 0 bridgehead atoms. The van der Waals surface area contributed by atoms with Crippen LogP contribution in [0, 0.1) is 13.8 Å². The van der Waals surface area contributed by atoms with Crippen molar-refractivity contribution in [3.05, 3.63) is 23.2 Å². The molecular weight excluding hydrogens is 226 g/mol. The molecule has 0 saturated heterocycles. The van der Waals surface area contributed by atoms with Gasteiger partial charge in [0, 0.05) is 11.6 Å². The molecule has 0 aliphatic heterocycles. The molecule has 1 aromatic heterocycles. The highest BCUT2D eigenvalue weighted by molar-refractivity contribution is 7.89. The van der Waals surface area contributed by atoms with Gasteiger partial charge in [0.25, 0.3) is 0 Å². The third-order valence-electron chi connectivity index (χ3n) is 2.38. The zero-order valence-electron chi connectivity index (χ0n) is 10.2. The largest absolute Gasteiger partial charge is 0.466 e. The fourth-order valence-corrected chi connectivity index (χ4v) is 3.06. The lowest BCUT2D eigenvalue weighted by Crippen LogP contribution is -2.29. The van der Waals surface area contributed by atoms with Gasteiger partial charge in [-0.1, -0.05) is 6.92 Å². The van der Waals surface area contributed by atoms with Gasteiger partial charge < -0.3 is 4.42 Å². The minimum Gasteiger partial charge on any atom is -0.466 e. The number of rotatable bonds is 5. The molecule has 0 amide bonds. The zero-order chi connectivity index (χ0) is 12.3. The summed E-state index contributed by atoms with van der Waals surface area (Å²) in [4.78, 5) is 0.